The van der Waals surface area contributed by atoms with Gasteiger partial charge in [-0.15, -0.1) is 10.2 Å². The van der Waals surface area contributed by atoms with Gasteiger partial charge in [0.15, 0.2) is 12.3 Å². The van der Waals surface area contributed by atoms with Crippen LogP contribution in [0.2, 0.25) is 0 Å². The summed E-state index contributed by atoms with van der Waals surface area (Å²) in [5, 5.41) is 12.5. The van der Waals surface area contributed by atoms with Gasteiger partial charge in [0.1, 0.15) is 0 Å². The van der Waals surface area contributed by atoms with E-state index >= 15 is 0 Å². The van der Waals surface area contributed by atoms with Gasteiger partial charge in [-0.05, 0) is 12.5 Å². The Morgan fingerprint density at radius 1 is 1.25 bits per heavy atom. The standard InChI is InChI=1S/C16H16N4O4/c1-3-8-20-15(21)12-7-5-4-6-11(12)14(19-20)16(22)23-9-13-18-17-10(2)24-13/h4-7H,3,8-9H2,1-2H3. The van der Waals surface area contributed by atoms with Crippen molar-refractivity contribution in [1.82, 2.24) is 20.0 Å². The molecule has 3 aromatic rings. The van der Waals surface area contributed by atoms with Gasteiger partial charge < -0.3 is 9.15 Å². The molecule has 24 heavy (non-hydrogen) atoms. The van der Waals surface area contributed by atoms with Crippen LogP contribution >= 0.6 is 0 Å². The number of carbonyl (C=O) groups excluding carboxylic acids is 1. The minimum atomic E-state index is -0.646. The predicted molar refractivity (Wildman–Crippen MR) is 84.4 cm³/mol. The zero-order valence-electron chi connectivity index (χ0n) is 13.4. The largest absolute Gasteiger partial charge is 0.451 e. The zero-order chi connectivity index (χ0) is 17.1. The number of benzene rings is 1. The molecular weight excluding hydrogens is 312 g/mol. The van der Waals surface area contributed by atoms with E-state index in [1.165, 1.54) is 4.68 Å². The van der Waals surface area contributed by atoms with Crippen molar-refractivity contribution >= 4 is 16.7 Å². The molecule has 8 nitrogen and oxygen atoms in total. The minimum absolute atomic E-state index is 0.0925. The van der Waals surface area contributed by atoms with Crippen LogP contribution in [0.1, 0.15) is 35.6 Å². The average molecular weight is 328 g/mol. The van der Waals surface area contributed by atoms with Crippen LogP contribution in [0, 0.1) is 6.92 Å². The summed E-state index contributed by atoms with van der Waals surface area (Å²) >= 11 is 0. The van der Waals surface area contributed by atoms with Gasteiger partial charge in [-0.1, -0.05) is 25.1 Å². The second-order valence-electron chi connectivity index (χ2n) is 5.21. The molecule has 0 radical (unpaired) electrons. The Morgan fingerprint density at radius 3 is 2.67 bits per heavy atom. The predicted octanol–water partition coefficient (Wildman–Crippen LogP) is 1.85. The van der Waals surface area contributed by atoms with Gasteiger partial charge in [-0.25, -0.2) is 9.48 Å². The van der Waals surface area contributed by atoms with E-state index in [9.17, 15) is 9.59 Å². The van der Waals surface area contributed by atoms with E-state index in [1.807, 2.05) is 6.92 Å². The molecule has 0 saturated heterocycles. The third-order valence-corrected chi connectivity index (χ3v) is 3.39. The molecule has 0 aliphatic rings. The van der Waals surface area contributed by atoms with Gasteiger partial charge in [-0.2, -0.15) is 5.10 Å². The maximum atomic E-state index is 12.4. The van der Waals surface area contributed by atoms with E-state index < -0.39 is 5.97 Å². The Bertz CT molecular complexity index is 945. The second-order valence-corrected chi connectivity index (χ2v) is 5.21. The molecule has 124 valence electrons. The van der Waals surface area contributed by atoms with Gasteiger partial charge >= 0.3 is 5.97 Å². The molecule has 0 spiro atoms. The lowest BCUT2D eigenvalue weighted by Gasteiger charge is -2.09. The molecule has 8 heteroatoms. The molecule has 0 aliphatic heterocycles. The lowest BCUT2D eigenvalue weighted by molar-refractivity contribution is 0.0429. The number of esters is 1. The smallest absolute Gasteiger partial charge is 0.359 e. The normalized spacial score (nSPS) is 10.9. The summed E-state index contributed by atoms with van der Waals surface area (Å²) in [6, 6.07) is 6.83. The van der Waals surface area contributed by atoms with Crippen LogP contribution in [0.3, 0.4) is 0 Å². The van der Waals surface area contributed by atoms with Crippen molar-refractivity contribution in [2.75, 3.05) is 0 Å². The molecule has 0 bridgehead atoms. The van der Waals surface area contributed by atoms with E-state index in [1.54, 1.807) is 31.2 Å². The second kappa shape index (κ2) is 6.61. The van der Waals surface area contributed by atoms with Crippen LogP contribution in [0.4, 0.5) is 0 Å². The molecule has 0 N–H and O–H groups in total. The number of fused-ring (bicyclic) bond motifs is 1. The van der Waals surface area contributed by atoms with Crippen LogP contribution in [-0.4, -0.2) is 25.9 Å². The molecule has 0 atom stereocenters. The topological polar surface area (TPSA) is 100 Å². The number of carbonyl (C=O) groups is 1. The summed E-state index contributed by atoms with van der Waals surface area (Å²) in [5.74, 6) is -0.0555. The highest BCUT2D eigenvalue weighted by atomic mass is 16.5. The van der Waals surface area contributed by atoms with Crippen LogP contribution in [-0.2, 0) is 17.9 Å². The molecule has 0 saturated carbocycles. The summed E-state index contributed by atoms with van der Waals surface area (Å²) in [6.07, 6.45) is 0.723. The van der Waals surface area contributed by atoms with Crippen molar-refractivity contribution in [3.8, 4) is 0 Å². The Kier molecular flexibility index (Phi) is 4.37. The van der Waals surface area contributed by atoms with Crippen molar-refractivity contribution in [2.24, 2.45) is 0 Å². The minimum Gasteiger partial charge on any atom is -0.451 e. The van der Waals surface area contributed by atoms with Crippen LogP contribution in [0.15, 0.2) is 33.5 Å². The quantitative estimate of drug-likeness (QED) is 0.659. The van der Waals surface area contributed by atoms with Gasteiger partial charge in [0.05, 0.1) is 5.39 Å². The van der Waals surface area contributed by atoms with Crippen LogP contribution in [0.25, 0.3) is 10.8 Å². The Labute approximate surface area is 137 Å². The number of aromatic nitrogens is 4. The lowest BCUT2D eigenvalue weighted by atomic mass is 10.1. The van der Waals surface area contributed by atoms with Gasteiger partial charge in [0.25, 0.3) is 11.4 Å². The lowest BCUT2D eigenvalue weighted by Crippen LogP contribution is -2.26. The highest BCUT2D eigenvalue weighted by Crippen LogP contribution is 2.15. The third kappa shape index (κ3) is 3.03. The highest BCUT2D eigenvalue weighted by molar-refractivity contribution is 6.02. The van der Waals surface area contributed by atoms with E-state index in [0.717, 1.165) is 6.42 Å². The molecule has 0 amide bonds. The van der Waals surface area contributed by atoms with E-state index in [0.29, 0.717) is 23.2 Å². The summed E-state index contributed by atoms with van der Waals surface area (Å²) in [4.78, 5) is 24.8. The third-order valence-electron chi connectivity index (χ3n) is 3.39. The summed E-state index contributed by atoms with van der Waals surface area (Å²) < 4.78 is 11.6. The number of aryl methyl sites for hydroxylation is 2. The van der Waals surface area contributed by atoms with Gasteiger partial charge in [0.2, 0.25) is 5.89 Å². The van der Waals surface area contributed by atoms with Crippen molar-refractivity contribution in [3.05, 3.63) is 52.1 Å². The first-order valence-electron chi connectivity index (χ1n) is 7.56. The first-order valence-corrected chi connectivity index (χ1v) is 7.56. The monoisotopic (exact) mass is 328 g/mol. The summed E-state index contributed by atoms with van der Waals surface area (Å²) in [7, 11) is 0. The molecule has 0 aliphatic carbocycles. The number of hydrogen-bond donors (Lipinski definition) is 0. The molecule has 2 aromatic heterocycles. The van der Waals surface area contributed by atoms with Crippen molar-refractivity contribution < 1.29 is 13.9 Å². The summed E-state index contributed by atoms with van der Waals surface area (Å²) in [6.45, 7) is 3.85. The van der Waals surface area contributed by atoms with Gasteiger partial charge in [-0.3, -0.25) is 4.79 Å². The maximum Gasteiger partial charge on any atom is 0.359 e. The van der Waals surface area contributed by atoms with Crippen molar-refractivity contribution in [1.29, 1.82) is 0 Å². The fourth-order valence-corrected chi connectivity index (χ4v) is 2.34. The molecule has 3 rings (SSSR count). The fraction of sp³-hybridized carbons (Fsp3) is 0.312. The van der Waals surface area contributed by atoms with E-state index in [2.05, 4.69) is 15.3 Å². The zero-order valence-corrected chi connectivity index (χ0v) is 13.4. The first-order chi connectivity index (χ1) is 11.6. The number of rotatable bonds is 5. The number of nitrogens with zero attached hydrogens (tertiary/aromatic N) is 4. The number of hydrogen-bond acceptors (Lipinski definition) is 7. The molecular formula is C16H16N4O4. The van der Waals surface area contributed by atoms with E-state index in [-0.39, 0.29) is 23.8 Å². The molecule has 0 fully saturated rings. The Balaban J connectivity index is 1.96. The van der Waals surface area contributed by atoms with Crippen LogP contribution in [0.5, 0.6) is 0 Å². The maximum absolute atomic E-state index is 12.4. The molecule has 2 heterocycles. The highest BCUT2D eigenvalue weighted by Gasteiger charge is 2.18. The van der Waals surface area contributed by atoms with Crippen molar-refractivity contribution in [3.63, 3.8) is 0 Å². The van der Waals surface area contributed by atoms with Gasteiger partial charge in [0, 0.05) is 18.9 Å². The van der Waals surface area contributed by atoms with Crippen molar-refractivity contribution in [2.45, 2.75) is 33.4 Å². The van der Waals surface area contributed by atoms with Crippen LogP contribution < -0.4 is 5.56 Å². The first kappa shape index (κ1) is 15.9. The Hall–Kier alpha value is -3.03. The molecule has 0 unspecified atom stereocenters. The average Bonchev–Trinajstić information content (AvgIpc) is 3.01. The number of ether oxygens (including phenoxy) is 1. The fourth-order valence-electron chi connectivity index (χ4n) is 2.34. The molecule has 1 aromatic carbocycles. The van der Waals surface area contributed by atoms with E-state index in [4.69, 9.17) is 9.15 Å². The Morgan fingerprint density at radius 2 is 2.00 bits per heavy atom. The SMILES string of the molecule is CCCn1nc(C(=O)OCc2nnc(C)o2)c2ccccc2c1=O. The summed E-state index contributed by atoms with van der Waals surface area (Å²) in [5.41, 5.74) is -0.133.